The average molecular weight is 377 g/mol. The van der Waals surface area contributed by atoms with Gasteiger partial charge in [-0.1, -0.05) is 48.7 Å². The Bertz CT molecular complexity index is 796. The quantitative estimate of drug-likeness (QED) is 0.797. The molecule has 1 fully saturated rings. The lowest BCUT2D eigenvalue weighted by atomic mass is 9.83. The zero-order chi connectivity index (χ0) is 17.7. The molecular weight excluding hydrogens is 360 g/mol. The number of rotatable bonds is 5. The number of thioether (sulfide) groups is 1. The molecule has 2 aromatic rings. The Balaban J connectivity index is 1.57. The third kappa shape index (κ3) is 4.53. The summed E-state index contributed by atoms with van der Waals surface area (Å²) in [6.45, 7) is 0. The van der Waals surface area contributed by atoms with Crippen molar-refractivity contribution in [1.82, 2.24) is 15.5 Å². The maximum absolute atomic E-state index is 12.2. The van der Waals surface area contributed by atoms with Crippen molar-refractivity contribution in [2.24, 2.45) is 0 Å². The number of carbonyl (C=O) groups is 1. The Morgan fingerprint density at radius 1 is 1.36 bits per heavy atom. The van der Waals surface area contributed by atoms with E-state index in [9.17, 15) is 10.1 Å². The van der Waals surface area contributed by atoms with E-state index >= 15 is 0 Å². The number of hydrogen-bond acceptors (Lipinski definition) is 6. The molecule has 0 spiro atoms. The zero-order valence-electron chi connectivity index (χ0n) is 13.5. The van der Waals surface area contributed by atoms with Crippen molar-refractivity contribution in [3.8, 4) is 17.5 Å². The topological polar surface area (TPSA) is 91.8 Å². The maximum atomic E-state index is 12.2. The molecule has 0 atom stereocenters. The molecule has 8 heteroatoms. The van der Waals surface area contributed by atoms with Crippen molar-refractivity contribution >= 4 is 29.3 Å². The summed E-state index contributed by atoms with van der Waals surface area (Å²) in [6.07, 6.45) is 4.46. The van der Waals surface area contributed by atoms with Crippen LogP contribution in [0, 0.1) is 11.3 Å². The molecule has 3 rings (SSSR count). The van der Waals surface area contributed by atoms with Crippen molar-refractivity contribution in [1.29, 1.82) is 5.26 Å². The molecule has 0 aliphatic heterocycles. The van der Waals surface area contributed by atoms with Crippen LogP contribution in [0.25, 0.3) is 11.5 Å². The van der Waals surface area contributed by atoms with E-state index in [0.29, 0.717) is 29.0 Å². The van der Waals surface area contributed by atoms with Gasteiger partial charge in [0.1, 0.15) is 5.54 Å². The van der Waals surface area contributed by atoms with Crippen LogP contribution in [-0.4, -0.2) is 27.4 Å². The first-order chi connectivity index (χ1) is 12.1. The van der Waals surface area contributed by atoms with Gasteiger partial charge in [-0.3, -0.25) is 4.79 Å². The first-order valence-electron chi connectivity index (χ1n) is 8.05. The van der Waals surface area contributed by atoms with Crippen molar-refractivity contribution in [3.05, 3.63) is 29.3 Å². The molecule has 1 saturated carbocycles. The van der Waals surface area contributed by atoms with Gasteiger partial charge in [0.25, 0.3) is 5.22 Å². The second-order valence-corrected chi connectivity index (χ2v) is 7.34. The molecule has 0 bridgehead atoms. The van der Waals surface area contributed by atoms with E-state index in [4.69, 9.17) is 16.0 Å². The van der Waals surface area contributed by atoms with E-state index < -0.39 is 5.54 Å². The lowest BCUT2D eigenvalue weighted by Gasteiger charge is -2.31. The van der Waals surface area contributed by atoms with Gasteiger partial charge in [-0.15, -0.1) is 10.2 Å². The Morgan fingerprint density at radius 2 is 2.16 bits per heavy atom. The van der Waals surface area contributed by atoms with Crippen LogP contribution in [0.4, 0.5) is 0 Å². The van der Waals surface area contributed by atoms with Gasteiger partial charge < -0.3 is 9.73 Å². The molecule has 130 valence electrons. The molecule has 0 unspecified atom stereocenters. The fraction of sp³-hybridized carbons (Fsp3) is 0.412. The highest BCUT2D eigenvalue weighted by molar-refractivity contribution is 7.99. The molecule has 1 aromatic carbocycles. The van der Waals surface area contributed by atoms with E-state index in [0.717, 1.165) is 36.6 Å². The molecule has 0 saturated heterocycles. The number of halogens is 1. The van der Waals surface area contributed by atoms with Gasteiger partial charge in [0.15, 0.2) is 0 Å². The summed E-state index contributed by atoms with van der Waals surface area (Å²) < 4.78 is 5.55. The number of nitrogens with one attached hydrogen (secondary N) is 1. The summed E-state index contributed by atoms with van der Waals surface area (Å²) in [6, 6.07) is 9.39. The number of aromatic nitrogens is 2. The molecule has 1 aliphatic rings. The smallest absolute Gasteiger partial charge is 0.277 e. The Kier molecular flexibility index (Phi) is 5.61. The van der Waals surface area contributed by atoms with Crippen LogP contribution >= 0.6 is 23.4 Å². The summed E-state index contributed by atoms with van der Waals surface area (Å²) in [7, 11) is 0. The number of hydrogen-bond donors (Lipinski definition) is 1. The van der Waals surface area contributed by atoms with Crippen LogP contribution in [0.3, 0.4) is 0 Å². The van der Waals surface area contributed by atoms with E-state index in [-0.39, 0.29) is 11.7 Å². The van der Waals surface area contributed by atoms with Crippen LogP contribution < -0.4 is 5.32 Å². The molecule has 1 heterocycles. The largest absolute Gasteiger partial charge is 0.411 e. The predicted octanol–water partition coefficient (Wildman–Crippen LogP) is 3.82. The van der Waals surface area contributed by atoms with Gasteiger partial charge in [-0.2, -0.15) is 5.26 Å². The number of nitrogens with zero attached hydrogens (tertiary/aromatic N) is 3. The van der Waals surface area contributed by atoms with Crippen LogP contribution in [-0.2, 0) is 4.79 Å². The highest BCUT2D eigenvalue weighted by Gasteiger charge is 2.33. The van der Waals surface area contributed by atoms with Gasteiger partial charge in [0, 0.05) is 10.6 Å². The summed E-state index contributed by atoms with van der Waals surface area (Å²) in [5.74, 6) is 0.280. The fourth-order valence-corrected chi connectivity index (χ4v) is 3.61. The Morgan fingerprint density at radius 3 is 2.88 bits per heavy atom. The Hall–Kier alpha value is -2.04. The summed E-state index contributed by atoms with van der Waals surface area (Å²) in [4.78, 5) is 12.2. The molecule has 1 aromatic heterocycles. The van der Waals surface area contributed by atoms with Gasteiger partial charge in [-0.05, 0) is 31.0 Å². The number of amides is 1. The van der Waals surface area contributed by atoms with Crippen LogP contribution in [0.5, 0.6) is 0 Å². The normalized spacial score (nSPS) is 16.2. The second kappa shape index (κ2) is 7.89. The minimum atomic E-state index is -0.726. The average Bonchev–Trinajstić information content (AvgIpc) is 3.10. The number of nitriles is 1. The minimum absolute atomic E-state index is 0.126. The second-order valence-electron chi connectivity index (χ2n) is 5.97. The molecule has 25 heavy (non-hydrogen) atoms. The highest BCUT2D eigenvalue weighted by atomic mass is 35.5. The molecule has 1 aliphatic carbocycles. The SMILES string of the molecule is N#CC1(NC(=O)CSc2nnc(-c3cccc(Cl)c3)o2)CCCCC1. The van der Waals surface area contributed by atoms with E-state index in [1.54, 1.807) is 18.2 Å². The highest BCUT2D eigenvalue weighted by Crippen LogP contribution is 2.28. The first-order valence-corrected chi connectivity index (χ1v) is 9.41. The zero-order valence-corrected chi connectivity index (χ0v) is 15.1. The van der Waals surface area contributed by atoms with Crippen molar-refractivity contribution in [2.75, 3.05) is 5.75 Å². The van der Waals surface area contributed by atoms with Crippen LogP contribution in [0.15, 0.2) is 33.9 Å². The summed E-state index contributed by atoms with van der Waals surface area (Å²) in [5, 5.41) is 21.1. The van der Waals surface area contributed by atoms with Gasteiger partial charge in [-0.25, -0.2) is 0 Å². The molecular formula is C17H17ClN4O2S. The molecule has 6 nitrogen and oxygen atoms in total. The predicted molar refractivity (Wildman–Crippen MR) is 95.0 cm³/mol. The van der Waals surface area contributed by atoms with Crippen molar-refractivity contribution in [2.45, 2.75) is 42.9 Å². The van der Waals surface area contributed by atoms with E-state index in [1.165, 1.54) is 0 Å². The summed E-state index contributed by atoms with van der Waals surface area (Å²) in [5.41, 5.74) is -0.00149. The Labute approximate surface area is 154 Å². The van der Waals surface area contributed by atoms with E-state index in [2.05, 4.69) is 21.6 Å². The third-order valence-electron chi connectivity index (χ3n) is 4.10. The fourth-order valence-electron chi connectivity index (χ4n) is 2.86. The van der Waals surface area contributed by atoms with Gasteiger partial charge in [0.05, 0.1) is 11.8 Å². The minimum Gasteiger partial charge on any atom is -0.411 e. The number of benzene rings is 1. The molecule has 1 N–H and O–H groups in total. The molecule has 1 amide bonds. The van der Waals surface area contributed by atoms with Crippen LogP contribution in [0.2, 0.25) is 5.02 Å². The van der Waals surface area contributed by atoms with Crippen LogP contribution in [0.1, 0.15) is 32.1 Å². The molecule has 0 radical (unpaired) electrons. The maximum Gasteiger partial charge on any atom is 0.277 e. The van der Waals surface area contributed by atoms with E-state index in [1.807, 2.05) is 6.07 Å². The van der Waals surface area contributed by atoms with Gasteiger partial charge >= 0.3 is 0 Å². The number of carbonyl (C=O) groups excluding carboxylic acids is 1. The van der Waals surface area contributed by atoms with Gasteiger partial charge in [0.2, 0.25) is 11.8 Å². The lowest BCUT2D eigenvalue weighted by Crippen LogP contribution is -2.49. The van der Waals surface area contributed by atoms with Crippen molar-refractivity contribution < 1.29 is 9.21 Å². The third-order valence-corrected chi connectivity index (χ3v) is 5.16. The first kappa shape index (κ1) is 17.8. The monoisotopic (exact) mass is 376 g/mol. The summed E-state index contributed by atoms with van der Waals surface area (Å²) >= 11 is 7.10. The lowest BCUT2D eigenvalue weighted by molar-refractivity contribution is -0.120. The standard InChI is InChI=1S/C17H17ClN4O2S/c18-13-6-4-5-12(9-13)15-21-22-16(24-15)25-10-14(23)20-17(11-19)7-2-1-3-8-17/h4-6,9H,1-3,7-8,10H2,(H,20,23). The van der Waals surface area contributed by atoms with Crippen molar-refractivity contribution in [3.63, 3.8) is 0 Å².